The van der Waals surface area contributed by atoms with E-state index in [1.807, 2.05) is 19.1 Å². The number of hydrogen-bond acceptors (Lipinski definition) is 5. The van der Waals surface area contributed by atoms with E-state index in [9.17, 15) is 14.4 Å². The molecule has 1 aromatic heterocycles. The number of ether oxygens (including phenoxy) is 1. The number of benzene rings is 2. The number of nitrogens with zero attached hydrogens (tertiary/aromatic N) is 2. The van der Waals surface area contributed by atoms with Gasteiger partial charge in [0.05, 0.1) is 22.8 Å². The van der Waals surface area contributed by atoms with Gasteiger partial charge in [-0.1, -0.05) is 6.92 Å². The highest BCUT2D eigenvalue weighted by molar-refractivity contribution is 6.01. The van der Waals surface area contributed by atoms with Crippen LogP contribution in [0, 0.1) is 0 Å². The van der Waals surface area contributed by atoms with Crippen molar-refractivity contribution in [2.45, 2.75) is 31.9 Å². The molecule has 9 heteroatoms. The molecule has 1 saturated heterocycles. The highest BCUT2D eigenvalue weighted by atomic mass is 16.5. The first kappa shape index (κ1) is 20.0. The van der Waals surface area contributed by atoms with Crippen LogP contribution in [0.15, 0.2) is 36.5 Å². The summed E-state index contributed by atoms with van der Waals surface area (Å²) in [6.07, 6.45) is 3.36. The van der Waals surface area contributed by atoms with Gasteiger partial charge in [-0.3, -0.25) is 14.7 Å². The van der Waals surface area contributed by atoms with Crippen LogP contribution in [0.2, 0.25) is 0 Å². The molecule has 0 radical (unpaired) electrons. The van der Waals surface area contributed by atoms with Gasteiger partial charge in [0.1, 0.15) is 5.75 Å². The number of aryl methyl sites for hydroxylation is 1. The molecule has 0 atom stereocenters. The number of aromatic carboxylic acids is 1. The zero-order valence-electron chi connectivity index (χ0n) is 17.5. The van der Waals surface area contributed by atoms with E-state index in [-0.39, 0.29) is 22.9 Å². The van der Waals surface area contributed by atoms with Gasteiger partial charge in [0.2, 0.25) is 0 Å². The molecular weight excluding hydrogens is 412 g/mol. The number of hydrogen-bond donors (Lipinski definition) is 3. The number of fused-ring (bicyclic) bond motifs is 2. The van der Waals surface area contributed by atoms with Gasteiger partial charge >= 0.3 is 5.97 Å². The first-order chi connectivity index (χ1) is 15.4. The van der Waals surface area contributed by atoms with Crippen LogP contribution in [0.25, 0.3) is 10.9 Å². The number of aromatic nitrogens is 2. The average Bonchev–Trinajstić information content (AvgIpc) is 3.27. The summed E-state index contributed by atoms with van der Waals surface area (Å²) >= 11 is 0. The van der Waals surface area contributed by atoms with E-state index in [1.165, 1.54) is 18.2 Å². The van der Waals surface area contributed by atoms with E-state index < -0.39 is 11.7 Å². The molecule has 1 spiro atoms. The Morgan fingerprint density at radius 3 is 2.69 bits per heavy atom. The lowest BCUT2D eigenvalue weighted by atomic mass is 9.95. The molecule has 32 heavy (non-hydrogen) atoms. The van der Waals surface area contributed by atoms with Gasteiger partial charge < -0.3 is 20.1 Å². The molecule has 3 N–H and O–H groups in total. The van der Waals surface area contributed by atoms with Crippen molar-refractivity contribution in [1.82, 2.24) is 20.4 Å². The van der Waals surface area contributed by atoms with Crippen LogP contribution in [0.3, 0.4) is 0 Å². The van der Waals surface area contributed by atoms with E-state index in [0.29, 0.717) is 37.2 Å². The van der Waals surface area contributed by atoms with Crippen molar-refractivity contribution in [3.63, 3.8) is 0 Å². The Kier molecular flexibility index (Phi) is 4.61. The Bertz CT molecular complexity index is 1260. The number of aromatic amines is 1. The van der Waals surface area contributed by atoms with Crippen LogP contribution in [0.4, 0.5) is 0 Å². The van der Waals surface area contributed by atoms with E-state index in [0.717, 1.165) is 22.9 Å². The van der Waals surface area contributed by atoms with Crippen LogP contribution < -0.4 is 10.1 Å². The summed E-state index contributed by atoms with van der Waals surface area (Å²) in [6.45, 7) is 2.88. The van der Waals surface area contributed by atoms with Crippen LogP contribution in [0.1, 0.15) is 56.4 Å². The summed E-state index contributed by atoms with van der Waals surface area (Å²) in [5, 5.41) is 20.0. The third kappa shape index (κ3) is 3.26. The molecule has 5 rings (SSSR count). The second-order valence-electron chi connectivity index (χ2n) is 8.18. The maximum atomic E-state index is 13.2. The second kappa shape index (κ2) is 7.37. The quantitative estimate of drug-likeness (QED) is 0.582. The van der Waals surface area contributed by atoms with Gasteiger partial charge in [0, 0.05) is 36.9 Å². The van der Waals surface area contributed by atoms with Crippen molar-refractivity contribution in [3.8, 4) is 5.75 Å². The lowest BCUT2D eigenvalue weighted by Crippen LogP contribution is -2.61. The molecule has 0 unspecified atom stereocenters. The molecule has 0 aliphatic carbocycles. The zero-order chi connectivity index (χ0) is 22.5. The molecular formula is C23H22N4O5. The van der Waals surface area contributed by atoms with Crippen LogP contribution in [0.5, 0.6) is 5.75 Å². The summed E-state index contributed by atoms with van der Waals surface area (Å²) in [5.74, 6) is -1.18. The number of carbonyl (C=O) groups is 3. The van der Waals surface area contributed by atoms with Crippen molar-refractivity contribution < 1.29 is 24.2 Å². The molecule has 0 bridgehead atoms. The molecule has 2 aliphatic heterocycles. The SMILES string of the molecule is CCc1cc(C(=O)N2CCC3(CC2)NC(=O)c2cc(C(=O)O)ccc2O3)cc2cn[nH]c12. The zero-order valence-corrected chi connectivity index (χ0v) is 17.5. The third-order valence-corrected chi connectivity index (χ3v) is 6.23. The molecule has 3 heterocycles. The van der Waals surface area contributed by atoms with Crippen LogP contribution in [-0.2, 0) is 6.42 Å². The number of carboxylic acids is 1. The van der Waals surface area contributed by atoms with E-state index in [4.69, 9.17) is 9.84 Å². The second-order valence-corrected chi connectivity index (χ2v) is 8.18. The number of carboxylic acid groups (broad SMARTS) is 1. The molecule has 2 amide bonds. The highest BCUT2D eigenvalue weighted by Crippen LogP contribution is 2.34. The molecule has 164 valence electrons. The summed E-state index contributed by atoms with van der Waals surface area (Å²) in [7, 11) is 0. The number of nitrogens with one attached hydrogen (secondary N) is 2. The standard InChI is InChI=1S/C23H22N4O5/c1-2-13-9-15(10-16-12-24-26-19(13)16)21(29)27-7-5-23(6-8-27)25-20(28)17-11-14(22(30)31)3-4-18(17)32-23/h3-4,9-12H,2,5-8H2,1H3,(H,24,26)(H,25,28)(H,30,31). The fraction of sp³-hybridized carbons (Fsp3) is 0.304. The molecule has 2 aromatic carbocycles. The van der Waals surface area contributed by atoms with Crippen molar-refractivity contribution in [2.24, 2.45) is 0 Å². The lowest BCUT2D eigenvalue weighted by molar-refractivity contribution is -0.0245. The Morgan fingerprint density at radius 2 is 1.97 bits per heavy atom. The molecule has 3 aromatic rings. The van der Waals surface area contributed by atoms with Crippen LogP contribution >= 0.6 is 0 Å². The largest absolute Gasteiger partial charge is 0.478 e. The smallest absolute Gasteiger partial charge is 0.335 e. The Balaban J connectivity index is 1.33. The van der Waals surface area contributed by atoms with Crippen molar-refractivity contribution >= 4 is 28.7 Å². The van der Waals surface area contributed by atoms with E-state index in [2.05, 4.69) is 15.5 Å². The van der Waals surface area contributed by atoms with Gasteiger partial charge in [-0.2, -0.15) is 5.10 Å². The topological polar surface area (TPSA) is 125 Å². The number of H-pyrrole nitrogens is 1. The third-order valence-electron chi connectivity index (χ3n) is 6.23. The summed E-state index contributed by atoms with van der Waals surface area (Å²) in [6, 6.07) is 8.00. The van der Waals surface area contributed by atoms with Gasteiger partial charge in [-0.15, -0.1) is 0 Å². The fourth-order valence-corrected chi connectivity index (χ4v) is 4.45. The fourth-order valence-electron chi connectivity index (χ4n) is 4.45. The van der Waals surface area contributed by atoms with Crippen molar-refractivity contribution in [1.29, 1.82) is 0 Å². The first-order valence-corrected chi connectivity index (χ1v) is 10.5. The monoisotopic (exact) mass is 434 g/mol. The number of rotatable bonds is 3. The predicted molar refractivity (Wildman–Crippen MR) is 115 cm³/mol. The average molecular weight is 434 g/mol. The van der Waals surface area contributed by atoms with Crippen molar-refractivity contribution in [3.05, 3.63) is 58.8 Å². The number of piperidine rings is 1. The lowest BCUT2D eigenvalue weighted by Gasteiger charge is -2.44. The highest BCUT2D eigenvalue weighted by Gasteiger charge is 2.43. The number of likely N-dealkylation sites (tertiary alicyclic amines) is 1. The minimum atomic E-state index is -1.10. The van der Waals surface area contributed by atoms with E-state index in [1.54, 1.807) is 11.1 Å². The number of amides is 2. The van der Waals surface area contributed by atoms with Gasteiger partial charge in [0.15, 0.2) is 5.72 Å². The summed E-state index contributed by atoms with van der Waals surface area (Å²) < 4.78 is 6.11. The van der Waals surface area contributed by atoms with Gasteiger partial charge in [-0.05, 0) is 42.3 Å². The van der Waals surface area contributed by atoms with Gasteiger partial charge in [-0.25, -0.2) is 4.79 Å². The predicted octanol–water partition coefficient (Wildman–Crippen LogP) is 2.58. The molecule has 9 nitrogen and oxygen atoms in total. The first-order valence-electron chi connectivity index (χ1n) is 10.5. The number of carbonyl (C=O) groups excluding carboxylic acids is 2. The Hall–Kier alpha value is -3.88. The minimum absolute atomic E-state index is 0.0277. The summed E-state index contributed by atoms with van der Waals surface area (Å²) in [4.78, 5) is 38.8. The molecule has 2 aliphatic rings. The Labute approximate surface area is 183 Å². The van der Waals surface area contributed by atoms with Crippen molar-refractivity contribution in [2.75, 3.05) is 13.1 Å². The maximum absolute atomic E-state index is 13.2. The molecule has 0 saturated carbocycles. The summed E-state index contributed by atoms with van der Waals surface area (Å²) in [5.41, 5.74) is 1.93. The van der Waals surface area contributed by atoms with E-state index >= 15 is 0 Å². The normalized spacial score (nSPS) is 17.0. The maximum Gasteiger partial charge on any atom is 0.335 e. The molecule has 1 fully saturated rings. The Morgan fingerprint density at radius 1 is 1.19 bits per heavy atom. The minimum Gasteiger partial charge on any atom is -0.478 e. The van der Waals surface area contributed by atoms with Crippen LogP contribution in [-0.4, -0.2) is 56.8 Å². The van der Waals surface area contributed by atoms with Gasteiger partial charge in [0.25, 0.3) is 11.8 Å².